The Hall–Kier alpha value is -1.69. The van der Waals surface area contributed by atoms with Gasteiger partial charge in [0.15, 0.2) is 5.16 Å². The summed E-state index contributed by atoms with van der Waals surface area (Å²) in [5.74, 6) is -0.179. The second-order valence-corrected chi connectivity index (χ2v) is 9.60. The summed E-state index contributed by atoms with van der Waals surface area (Å²) < 4.78 is 30.6. The van der Waals surface area contributed by atoms with Crippen molar-refractivity contribution >= 4 is 44.7 Å². The molecule has 2 aromatic heterocycles. The minimum absolute atomic E-state index is 0.0811. The van der Waals surface area contributed by atoms with Crippen molar-refractivity contribution in [1.82, 2.24) is 15.3 Å². The van der Waals surface area contributed by atoms with E-state index in [2.05, 4.69) is 15.3 Å². The molecule has 0 aliphatic carbocycles. The second-order valence-electron chi connectivity index (χ2n) is 5.57. The predicted molar refractivity (Wildman–Crippen MR) is 98.9 cm³/mol. The largest absolute Gasteiger partial charge is 0.382 e. The standard InChI is InChI=1S/C15H18N4O4S3/c16-14-11(26(21,22)13-4-2-6-24-13)8-18-15(19-14)25-9-12(20)17-7-10-3-1-5-23-10/h2,4,6,8,10H,1,3,5,7,9H2,(H,17,20)(H2,16,18,19)/t10-/m1/s1. The van der Waals surface area contributed by atoms with Gasteiger partial charge in [0.05, 0.1) is 18.1 Å². The van der Waals surface area contributed by atoms with Crippen LogP contribution in [0.3, 0.4) is 0 Å². The average molecular weight is 415 g/mol. The van der Waals surface area contributed by atoms with Gasteiger partial charge in [-0.05, 0) is 24.3 Å². The monoisotopic (exact) mass is 414 g/mol. The van der Waals surface area contributed by atoms with Crippen molar-refractivity contribution < 1.29 is 17.9 Å². The maximum absolute atomic E-state index is 12.5. The van der Waals surface area contributed by atoms with Gasteiger partial charge in [-0.1, -0.05) is 17.8 Å². The molecule has 140 valence electrons. The third-order valence-corrected chi connectivity index (χ3v) is 7.72. The Morgan fingerprint density at radius 3 is 3.00 bits per heavy atom. The van der Waals surface area contributed by atoms with Crippen molar-refractivity contribution in [2.24, 2.45) is 0 Å². The predicted octanol–water partition coefficient (Wildman–Crippen LogP) is 1.34. The molecule has 26 heavy (non-hydrogen) atoms. The number of nitrogen functional groups attached to an aromatic ring is 1. The molecule has 0 unspecified atom stereocenters. The van der Waals surface area contributed by atoms with Gasteiger partial charge in [0.25, 0.3) is 0 Å². The molecule has 0 bridgehead atoms. The third kappa shape index (κ3) is 4.53. The zero-order chi connectivity index (χ0) is 18.6. The highest BCUT2D eigenvalue weighted by molar-refractivity contribution is 7.99. The van der Waals surface area contributed by atoms with Crippen molar-refractivity contribution in [1.29, 1.82) is 0 Å². The van der Waals surface area contributed by atoms with Crippen LogP contribution in [0.5, 0.6) is 0 Å². The Morgan fingerprint density at radius 1 is 1.50 bits per heavy atom. The number of thiophene rings is 1. The van der Waals surface area contributed by atoms with E-state index in [1.54, 1.807) is 11.4 Å². The molecule has 8 nitrogen and oxygen atoms in total. The molecule has 1 fully saturated rings. The first kappa shape index (κ1) is 19.1. The number of thioether (sulfide) groups is 1. The van der Waals surface area contributed by atoms with E-state index in [0.29, 0.717) is 6.54 Å². The van der Waals surface area contributed by atoms with Crippen molar-refractivity contribution in [3.05, 3.63) is 23.7 Å². The molecule has 0 aromatic carbocycles. The van der Waals surface area contributed by atoms with Gasteiger partial charge in [0, 0.05) is 13.2 Å². The highest BCUT2D eigenvalue weighted by Crippen LogP contribution is 2.28. The van der Waals surface area contributed by atoms with Crippen LogP contribution in [0.2, 0.25) is 0 Å². The first-order chi connectivity index (χ1) is 12.5. The number of nitrogens with two attached hydrogens (primary N) is 1. The summed E-state index contributed by atoms with van der Waals surface area (Å²) in [5.41, 5.74) is 5.81. The van der Waals surface area contributed by atoms with Gasteiger partial charge in [0.2, 0.25) is 15.7 Å². The highest BCUT2D eigenvalue weighted by atomic mass is 32.2. The van der Waals surface area contributed by atoms with Crippen LogP contribution in [0.4, 0.5) is 5.82 Å². The van der Waals surface area contributed by atoms with Crippen LogP contribution in [-0.4, -0.2) is 49.3 Å². The molecule has 11 heteroatoms. The number of amides is 1. The maximum atomic E-state index is 12.5. The van der Waals surface area contributed by atoms with Crippen LogP contribution in [0.1, 0.15) is 12.8 Å². The summed E-state index contributed by atoms with van der Waals surface area (Å²) in [6, 6.07) is 3.15. The summed E-state index contributed by atoms with van der Waals surface area (Å²) in [6.45, 7) is 1.23. The van der Waals surface area contributed by atoms with Crippen molar-refractivity contribution in [3.8, 4) is 0 Å². The van der Waals surface area contributed by atoms with Crippen LogP contribution < -0.4 is 11.1 Å². The van der Waals surface area contributed by atoms with Gasteiger partial charge < -0.3 is 15.8 Å². The van der Waals surface area contributed by atoms with Gasteiger partial charge in [-0.2, -0.15) is 0 Å². The number of hydrogen-bond acceptors (Lipinski definition) is 9. The quantitative estimate of drug-likeness (QED) is 0.514. The minimum Gasteiger partial charge on any atom is -0.382 e. The van der Waals surface area contributed by atoms with E-state index in [1.807, 2.05) is 0 Å². The molecule has 3 heterocycles. The SMILES string of the molecule is Nc1nc(SCC(=O)NC[C@H]2CCCO2)ncc1S(=O)(=O)c1cccs1. The number of hydrogen-bond donors (Lipinski definition) is 2. The summed E-state index contributed by atoms with van der Waals surface area (Å²) >= 11 is 2.19. The van der Waals surface area contributed by atoms with Gasteiger partial charge in [0.1, 0.15) is 14.9 Å². The Labute approximate surface area is 159 Å². The average Bonchev–Trinajstić information content (AvgIpc) is 3.31. The number of carbonyl (C=O) groups is 1. The Bertz CT molecular complexity index is 865. The Kier molecular flexibility index (Phi) is 6.12. The second kappa shape index (κ2) is 8.33. The van der Waals surface area contributed by atoms with E-state index in [4.69, 9.17) is 10.5 Å². The molecule has 3 rings (SSSR count). The van der Waals surface area contributed by atoms with Crippen LogP contribution in [0.25, 0.3) is 0 Å². The van der Waals surface area contributed by atoms with Crippen LogP contribution in [0, 0.1) is 0 Å². The fourth-order valence-corrected chi connectivity index (χ4v) is 5.41. The number of anilines is 1. The summed E-state index contributed by atoms with van der Waals surface area (Å²) in [6.07, 6.45) is 3.23. The Balaban J connectivity index is 1.58. The van der Waals surface area contributed by atoms with Crippen LogP contribution >= 0.6 is 23.1 Å². The van der Waals surface area contributed by atoms with E-state index < -0.39 is 9.84 Å². The normalized spacial score (nSPS) is 17.3. The molecule has 0 saturated carbocycles. The minimum atomic E-state index is -3.73. The number of nitrogens with one attached hydrogen (secondary N) is 1. The van der Waals surface area contributed by atoms with E-state index in [9.17, 15) is 13.2 Å². The lowest BCUT2D eigenvalue weighted by atomic mass is 10.2. The number of nitrogens with zero attached hydrogens (tertiary/aromatic N) is 2. The summed E-state index contributed by atoms with van der Waals surface area (Å²) in [4.78, 5) is 19.8. The summed E-state index contributed by atoms with van der Waals surface area (Å²) in [7, 11) is -3.73. The van der Waals surface area contributed by atoms with Gasteiger partial charge in [-0.3, -0.25) is 4.79 Å². The molecule has 1 saturated heterocycles. The molecule has 1 aliphatic rings. The number of aromatic nitrogens is 2. The van der Waals surface area contributed by atoms with Crippen molar-refractivity contribution in [2.45, 2.75) is 33.2 Å². The molecule has 1 aliphatic heterocycles. The molecule has 1 amide bonds. The molecular formula is C15H18N4O4S3. The first-order valence-electron chi connectivity index (χ1n) is 7.89. The summed E-state index contributed by atoms with van der Waals surface area (Å²) in [5, 5.41) is 4.72. The number of ether oxygens (including phenoxy) is 1. The molecule has 0 radical (unpaired) electrons. The van der Waals surface area contributed by atoms with E-state index >= 15 is 0 Å². The van der Waals surface area contributed by atoms with Crippen LogP contribution in [-0.2, 0) is 19.4 Å². The highest BCUT2D eigenvalue weighted by Gasteiger charge is 2.23. The molecule has 0 spiro atoms. The van der Waals surface area contributed by atoms with E-state index in [1.165, 1.54) is 12.3 Å². The van der Waals surface area contributed by atoms with Crippen molar-refractivity contribution in [3.63, 3.8) is 0 Å². The fraction of sp³-hybridized carbons (Fsp3) is 0.400. The van der Waals surface area contributed by atoms with E-state index in [0.717, 1.165) is 42.5 Å². The third-order valence-electron chi connectivity index (χ3n) is 3.69. The maximum Gasteiger partial charge on any atom is 0.230 e. The molecular weight excluding hydrogens is 396 g/mol. The van der Waals surface area contributed by atoms with Crippen molar-refractivity contribution in [2.75, 3.05) is 24.6 Å². The zero-order valence-corrected chi connectivity index (χ0v) is 16.2. The van der Waals surface area contributed by atoms with Crippen LogP contribution in [0.15, 0.2) is 38.0 Å². The number of carbonyl (C=O) groups excluding carboxylic acids is 1. The molecule has 2 aromatic rings. The Morgan fingerprint density at radius 2 is 2.35 bits per heavy atom. The fourth-order valence-electron chi connectivity index (χ4n) is 2.38. The lowest BCUT2D eigenvalue weighted by molar-refractivity contribution is -0.119. The lowest BCUT2D eigenvalue weighted by Gasteiger charge is -2.10. The topological polar surface area (TPSA) is 124 Å². The van der Waals surface area contributed by atoms with Gasteiger partial charge in [-0.25, -0.2) is 18.4 Å². The number of rotatable bonds is 7. The molecule has 3 N–H and O–H groups in total. The van der Waals surface area contributed by atoms with E-state index in [-0.39, 0.29) is 37.8 Å². The van der Waals surface area contributed by atoms with Gasteiger partial charge >= 0.3 is 0 Å². The number of sulfone groups is 1. The molecule has 1 atom stereocenters. The lowest BCUT2D eigenvalue weighted by Crippen LogP contribution is -2.32. The first-order valence-corrected chi connectivity index (χ1v) is 11.2. The van der Waals surface area contributed by atoms with Gasteiger partial charge in [-0.15, -0.1) is 11.3 Å². The zero-order valence-electron chi connectivity index (χ0n) is 13.8. The smallest absolute Gasteiger partial charge is 0.230 e.